The highest BCUT2D eigenvalue weighted by atomic mass is 32.1. The predicted octanol–water partition coefficient (Wildman–Crippen LogP) is 4.04. The maximum absolute atomic E-state index is 12.9. The van der Waals surface area contributed by atoms with Gasteiger partial charge >= 0.3 is 12.0 Å². The number of anilines is 2. The number of carbonyl (C=O) groups excluding carboxylic acids is 3. The van der Waals surface area contributed by atoms with Crippen LogP contribution >= 0.6 is 11.3 Å². The summed E-state index contributed by atoms with van der Waals surface area (Å²) < 4.78 is 5.44. The molecule has 0 saturated carbocycles. The summed E-state index contributed by atoms with van der Waals surface area (Å²) in [6.07, 6.45) is 0.295. The quantitative estimate of drug-likeness (QED) is 0.283. The number of thiophene rings is 1. The molecule has 0 fully saturated rings. The number of aliphatic carboxylic acids is 1. The lowest BCUT2D eigenvalue weighted by atomic mass is 10.1. The minimum absolute atomic E-state index is 0.121. The zero-order valence-electron chi connectivity index (χ0n) is 22.2. The first kappa shape index (κ1) is 29.2. The number of rotatable bonds is 11. The van der Waals surface area contributed by atoms with Crippen LogP contribution in [0.25, 0.3) is 0 Å². The molecule has 39 heavy (non-hydrogen) atoms. The maximum Gasteiger partial charge on any atom is 0.326 e. The van der Waals surface area contributed by atoms with E-state index in [0.29, 0.717) is 23.7 Å². The van der Waals surface area contributed by atoms with E-state index in [9.17, 15) is 24.3 Å². The van der Waals surface area contributed by atoms with Crippen LogP contribution in [0.1, 0.15) is 28.5 Å². The molecule has 0 bridgehead atoms. The third-order valence-electron chi connectivity index (χ3n) is 5.90. The molecule has 0 aliphatic rings. The Kier molecular flexibility index (Phi) is 10.0. The molecular formula is C28H32N4O6S. The first-order valence-corrected chi connectivity index (χ1v) is 13.0. The van der Waals surface area contributed by atoms with Crippen molar-refractivity contribution in [2.24, 2.45) is 0 Å². The van der Waals surface area contributed by atoms with Crippen LogP contribution in [0.5, 0.6) is 5.75 Å². The van der Waals surface area contributed by atoms with Gasteiger partial charge in [-0.2, -0.15) is 0 Å². The molecule has 1 atom stereocenters. The van der Waals surface area contributed by atoms with Crippen molar-refractivity contribution < 1.29 is 29.0 Å². The van der Waals surface area contributed by atoms with E-state index in [2.05, 4.69) is 16.0 Å². The van der Waals surface area contributed by atoms with Gasteiger partial charge in [-0.1, -0.05) is 24.3 Å². The molecular weight excluding hydrogens is 520 g/mol. The lowest BCUT2D eigenvalue weighted by Gasteiger charge is -2.17. The highest BCUT2D eigenvalue weighted by molar-refractivity contribution is 7.10. The van der Waals surface area contributed by atoms with E-state index < -0.39 is 23.9 Å². The molecule has 0 aliphatic heterocycles. The van der Waals surface area contributed by atoms with Gasteiger partial charge in [0.25, 0.3) is 0 Å². The van der Waals surface area contributed by atoms with Gasteiger partial charge < -0.3 is 30.7 Å². The number of aryl methyl sites for hydroxylation is 1. The van der Waals surface area contributed by atoms with E-state index in [1.165, 1.54) is 25.4 Å². The zero-order valence-corrected chi connectivity index (χ0v) is 23.1. The maximum atomic E-state index is 12.9. The molecule has 0 aliphatic carbocycles. The molecule has 1 aromatic heterocycles. The smallest absolute Gasteiger partial charge is 0.326 e. The number of methoxy groups -OCH3 is 1. The summed E-state index contributed by atoms with van der Waals surface area (Å²) in [5, 5.41) is 19.2. The fourth-order valence-corrected chi connectivity index (χ4v) is 4.80. The van der Waals surface area contributed by atoms with Gasteiger partial charge in [-0.05, 0) is 53.3 Å². The number of carboxylic acid groups (broad SMARTS) is 1. The molecule has 206 valence electrons. The second-order valence-electron chi connectivity index (χ2n) is 9.07. The number of para-hydroxylation sites is 1. The summed E-state index contributed by atoms with van der Waals surface area (Å²) in [6, 6.07) is 13.0. The van der Waals surface area contributed by atoms with E-state index in [0.717, 1.165) is 21.6 Å². The molecule has 4 N–H and O–H groups in total. The summed E-state index contributed by atoms with van der Waals surface area (Å²) in [4.78, 5) is 50.4. The first-order chi connectivity index (χ1) is 18.5. The molecule has 0 saturated heterocycles. The van der Waals surface area contributed by atoms with E-state index in [4.69, 9.17) is 4.74 Å². The van der Waals surface area contributed by atoms with Crippen LogP contribution in [-0.2, 0) is 33.8 Å². The molecule has 3 aromatic rings. The number of carboxylic acids is 1. The molecule has 11 heteroatoms. The van der Waals surface area contributed by atoms with Crippen molar-refractivity contribution in [1.29, 1.82) is 0 Å². The van der Waals surface area contributed by atoms with E-state index in [-0.39, 0.29) is 18.7 Å². The standard InChI is InChI=1S/C28H32N4O6S/c1-17-7-5-6-8-22(17)30-28(37)31-23-10-9-19(12-25(23)38-4)13-26(34)32(3)15-20-11-21(39-16-20)14-24(27(35)36)29-18(2)33/h5-12,16,24H,13-15H2,1-4H3,(H,29,33)(H,35,36)(H2,30,31,37). The number of hydrogen-bond donors (Lipinski definition) is 4. The highest BCUT2D eigenvalue weighted by Crippen LogP contribution is 2.27. The minimum atomic E-state index is -1.10. The number of nitrogens with one attached hydrogen (secondary N) is 3. The molecule has 0 spiro atoms. The number of amides is 4. The van der Waals surface area contributed by atoms with Crippen LogP contribution in [0, 0.1) is 6.92 Å². The van der Waals surface area contributed by atoms with Crippen molar-refractivity contribution >= 4 is 46.5 Å². The third kappa shape index (κ3) is 8.57. The fraction of sp³-hybridized carbons (Fsp3) is 0.286. The molecule has 3 rings (SSSR count). The molecule has 0 radical (unpaired) electrons. The predicted molar refractivity (Wildman–Crippen MR) is 150 cm³/mol. The molecule has 1 unspecified atom stereocenters. The van der Waals surface area contributed by atoms with Crippen molar-refractivity contribution in [3.63, 3.8) is 0 Å². The van der Waals surface area contributed by atoms with Gasteiger partial charge in [0.15, 0.2) is 0 Å². The summed E-state index contributed by atoms with van der Waals surface area (Å²) in [6.45, 7) is 3.53. The number of hydrogen-bond acceptors (Lipinski definition) is 6. The topological polar surface area (TPSA) is 137 Å². The third-order valence-corrected chi connectivity index (χ3v) is 6.91. The van der Waals surface area contributed by atoms with Crippen molar-refractivity contribution in [2.45, 2.75) is 39.3 Å². The van der Waals surface area contributed by atoms with Crippen molar-refractivity contribution in [1.82, 2.24) is 10.2 Å². The van der Waals surface area contributed by atoms with Gasteiger partial charge in [-0.25, -0.2) is 9.59 Å². The second-order valence-corrected chi connectivity index (χ2v) is 10.1. The van der Waals surface area contributed by atoms with Gasteiger partial charge in [0.05, 0.1) is 19.2 Å². The molecule has 2 aromatic carbocycles. The summed E-state index contributed by atoms with van der Waals surface area (Å²) >= 11 is 1.38. The summed E-state index contributed by atoms with van der Waals surface area (Å²) in [5.74, 6) is -1.20. The number of carbonyl (C=O) groups is 4. The summed E-state index contributed by atoms with van der Waals surface area (Å²) in [7, 11) is 3.19. The van der Waals surface area contributed by atoms with Crippen molar-refractivity contribution in [3.05, 3.63) is 75.5 Å². The Hall–Kier alpha value is -4.38. The number of ether oxygens (including phenoxy) is 1. The largest absolute Gasteiger partial charge is 0.495 e. The lowest BCUT2D eigenvalue weighted by Crippen LogP contribution is -2.40. The van der Waals surface area contributed by atoms with Gasteiger partial charge in [0, 0.05) is 37.5 Å². The number of nitrogens with zero attached hydrogens (tertiary/aromatic N) is 1. The fourth-order valence-electron chi connectivity index (χ4n) is 3.87. The van der Waals surface area contributed by atoms with Crippen LogP contribution in [0.4, 0.5) is 16.2 Å². The normalized spacial score (nSPS) is 11.3. The van der Waals surface area contributed by atoms with Crippen molar-refractivity contribution in [3.8, 4) is 5.75 Å². The molecule has 1 heterocycles. The Balaban J connectivity index is 1.58. The van der Waals surface area contributed by atoms with Gasteiger partial charge in [-0.15, -0.1) is 11.3 Å². The Morgan fingerprint density at radius 3 is 2.41 bits per heavy atom. The number of urea groups is 1. The highest BCUT2D eigenvalue weighted by Gasteiger charge is 2.20. The Labute approximate surface area is 231 Å². The molecule has 4 amide bonds. The van der Waals surface area contributed by atoms with Crippen LogP contribution in [-0.4, -0.2) is 54.0 Å². The van der Waals surface area contributed by atoms with Crippen LogP contribution in [0.15, 0.2) is 53.9 Å². The minimum Gasteiger partial charge on any atom is -0.495 e. The van der Waals surface area contributed by atoms with E-state index in [1.54, 1.807) is 30.1 Å². The van der Waals surface area contributed by atoms with Crippen LogP contribution in [0.3, 0.4) is 0 Å². The first-order valence-electron chi connectivity index (χ1n) is 12.2. The van der Waals surface area contributed by atoms with E-state index >= 15 is 0 Å². The lowest BCUT2D eigenvalue weighted by molar-refractivity contribution is -0.141. The Bertz CT molecular complexity index is 1360. The van der Waals surface area contributed by atoms with E-state index in [1.807, 2.05) is 42.6 Å². The Morgan fingerprint density at radius 1 is 1.03 bits per heavy atom. The van der Waals surface area contributed by atoms with Crippen LogP contribution in [0.2, 0.25) is 0 Å². The van der Waals surface area contributed by atoms with Crippen molar-refractivity contribution in [2.75, 3.05) is 24.8 Å². The van der Waals surface area contributed by atoms with Gasteiger partial charge in [0.2, 0.25) is 11.8 Å². The van der Waals surface area contributed by atoms with Gasteiger partial charge in [-0.3, -0.25) is 9.59 Å². The van der Waals surface area contributed by atoms with Gasteiger partial charge in [0.1, 0.15) is 11.8 Å². The monoisotopic (exact) mass is 552 g/mol. The summed E-state index contributed by atoms with van der Waals surface area (Å²) in [5.41, 5.74) is 3.70. The number of benzene rings is 2. The number of likely N-dealkylation sites (N-methyl/N-ethyl adjacent to an activating group) is 1. The Morgan fingerprint density at radius 2 is 1.74 bits per heavy atom. The second kappa shape index (κ2) is 13.4. The average molecular weight is 553 g/mol. The average Bonchev–Trinajstić information content (AvgIpc) is 3.32. The zero-order chi connectivity index (χ0) is 28.5. The SMILES string of the molecule is COc1cc(CC(=O)N(C)Cc2csc(CC(NC(C)=O)C(=O)O)c2)ccc1NC(=O)Nc1ccccc1C. The van der Waals surface area contributed by atoms with Crippen LogP contribution < -0.4 is 20.7 Å². The molecule has 10 nitrogen and oxygen atoms in total.